The monoisotopic (exact) mass is 307 g/mol. The molecule has 3 aromatic rings. The Bertz CT molecular complexity index is 872. The predicted octanol–water partition coefficient (Wildman–Crippen LogP) is 3.43. The number of nitrogens with one attached hydrogen (secondary N) is 1. The molecule has 0 unspecified atom stereocenters. The van der Waals surface area contributed by atoms with Crippen LogP contribution in [0, 0.1) is 16.4 Å². The molecular weight excluding hydrogens is 296 g/mol. The smallest absolute Gasteiger partial charge is 0.215 e. The first kappa shape index (κ1) is 13.7. The molecule has 0 aliphatic rings. The second-order valence-electron chi connectivity index (χ2n) is 4.48. The van der Waals surface area contributed by atoms with E-state index in [0.717, 1.165) is 11.6 Å². The number of nitrogens with zero attached hydrogens (tertiary/aromatic N) is 2. The van der Waals surface area contributed by atoms with Crippen LogP contribution in [-0.2, 0) is 6.54 Å². The van der Waals surface area contributed by atoms with Crippen molar-refractivity contribution in [3.05, 3.63) is 52.3 Å². The number of aromatic amines is 1. The summed E-state index contributed by atoms with van der Waals surface area (Å²) in [4.78, 5) is 7.30. The van der Waals surface area contributed by atoms with Gasteiger partial charge in [0.15, 0.2) is 10.4 Å². The fraction of sp³-hybridized carbons (Fsp3) is 0.143. The Morgan fingerprint density at radius 3 is 2.81 bits per heavy atom. The fourth-order valence-corrected chi connectivity index (χ4v) is 2.35. The predicted molar refractivity (Wildman–Crippen MR) is 76.9 cm³/mol. The van der Waals surface area contributed by atoms with Crippen molar-refractivity contribution in [3.8, 4) is 5.88 Å². The van der Waals surface area contributed by atoms with E-state index >= 15 is 0 Å². The molecule has 2 aromatic heterocycles. The van der Waals surface area contributed by atoms with Crippen LogP contribution in [0.15, 0.2) is 30.3 Å². The second-order valence-corrected chi connectivity index (χ2v) is 4.86. The Kier molecular flexibility index (Phi) is 3.42. The lowest BCUT2D eigenvalue weighted by Gasteiger charge is -2.06. The lowest BCUT2D eigenvalue weighted by atomic mass is 10.2. The lowest BCUT2D eigenvalue weighted by molar-refractivity contribution is 0.399. The zero-order valence-electron chi connectivity index (χ0n) is 11.1. The molecule has 0 spiro atoms. The van der Waals surface area contributed by atoms with Gasteiger partial charge in [-0.3, -0.25) is 4.57 Å². The normalized spacial score (nSPS) is 11.0. The van der Waals surface area contributed by atoms with Crippen LogP contribution < -0.4 is 4.74 Å². The molecule has 3 rings (SSSR count). The third-order valence-electron chi connectivity index (χ3n) is 3.14. The van der Waals surface area contributed by atoms with Crippen LogP contribution in [0.5, 0.6) is 5.88 Å². The second kappa shape index (κ2) is 5.25. The molecule has 0 aliphatic carbocycles. The zero-order chi connectivity index (χ0) is 15.0. The summed E-state index contributed by atoms with van der Waals surface area (Å²) in [6, 6.07) is 6.95. The van der Waals surface area contributed by atoms with Gasteiger partial charge in [0.1, 0.15) is 11.6 Å². The molecule has 0 radical (unpaired) electrons. The SMILES string of the molecule is COc1ccc2[nH]c(=S)n(Cc3ccc(F)cc3F)c2n1. The van der Waals surface area contributed by atoms with Crippen molar-refractivity contribution in [2.75, 3.05) is 7.11 Å². The number of hydrogen-bond donors (Lipinski definition) is 1. The number of imidazole rings is 1. The minimum absolute atomic E-state index is 0.158. The van der Waals surface area contributed by atoms with Crippen molar-refractivity contribution in [1.29, 1.82) is 0 Å². The van der Waals surface area contributed by atoms with Crippen LogP contribution in [0.25, 0.3) is 11.2 Å². The van der Waals surface area contributed by atoms with Crippen LogP contribution in [0.2, 0.25) is 0 Å². The molecule has 0 saturated carbocycles. The number of ether oxygens (including phenoxy) is 1. The van der Waals surface area contributed by atoms with Gasteiger partial charge in [0, 0.05) is 17.7 Å². The van der Waals surface area contributed by atoms with E-state index in [2.05, 4.69) is 9.97 Å². The summed E-state index contributed by atoms with van der Waals surface area (Å²) >= 11 is 5.23. The van der Waals surface area contributed by atoms with E-state index in [1.807, 2.05) is 0 Å². The van der Waals surface area contributed by atoms with Gasteiger partial charge in [0.05, 0.1) is 19.2 Å². The van der Waals surface area contributed by atoms with Crippen molar-refractivity contribution >= 4 is 23.4 Å². The van der Waals surface area contributed by atoms with Crippen LogP contribution in [0.4, 0.5) is 8.78 Å². The van der Waals surface area contributed by atoms with Crippen molar-refractivity contribution in [3.63, 3.8) is 0 Å². The van der Waals surface area contributed by atoms with E-state index in [1.54, 1.807) is 16.7 Å². The molecular formula is C14H11F2N3OS. The lowest BCUT2D eigenvalue weighted by Crippen LogP contribution is -2.03. The average molecular weight is 307 g/mol. The number of fused-ring (bicyclic) bond motifs is 1. The maximum Gasteiger partial charge on any atom is 0.215 e. The van der Waals surface area contributed by atoms with Gasteiger partial charge < -0.3 is 9.72 Å². The van der Waals surface area contributed by atoms with Crippen LogP contribution in [0.3, 0.4) is 0 Å². The standard InChI is InChI=1S/C14H11F2N3OS/c1-20-12-5-4-11-13(18-12)19(14(21)17-11)7-8-2-3-9(15)6-10(8)16/h2-6H,7H2,1H3,(H,17,21). The molecule has 1 N–H and O–H groups in total. The van der Waals surface area contributed by atoms with Gasteiger partial charge >= 0.3 is 0 Å². The third kappa shape index (κ3) is 2.52. The van der Waals surface area contributed by atoms with Crippen molar-refractivity contribution in [2.45, 2.75) is 6.54 Å². The molecule has 0 amide bonds. The molecule has 0 bridgehead atoms. The van der Waals surface area contributed by atoms with Gasteiger partial charge in [0.2, 0.25) is 5.88 Å². The summed E-state index contributed by atoms with van der Waals surface area (Å²) in [5.41, 5.74) is 1.62. The van der Waals surface area contributed by atoms with Gasteiger partial charge in [-0.1, -0.05) is 6.07 Å². The van der Waals surface area contributed by atoms with Gasteiger partial charge in [-0.05, 0) is 24.4 Å². The summed E-state index contributed by atoms with van der Waals surface area (Å²) < 4.78 is 33.9. The molecule has 7 heteroatoms. The first-order chi connectivity index (χ1) is 10.1. The van der Waals surface area contributed by atoms with E-state index in [4.69, 9.17) is 17.0 Å². The molecule has 21 heavy (non-hydrogen) atoms. The average Bonchev–Trinajstić information content (AvgIpc) is 2.77. The van der Waals surface area contributed by atoms with Gasteiger partial charge in [-0.2, -0.15) is 4.98 Å². The topological polar surface area (TPSA) is 42.8 Å². The van der Waals surface area contributed by atoms with Crippen LogP contribution in [0.1, 0.15) is 5.56 Å². The number of methoxy groups -OCH3 is 1. The summed E-state index contributed by atoms with van der Waals surface area (Å²) in [7, 11) is 1.51. The van der Waals surface area contributed by atoms with Gasteiger partial charge in [-0.15, -0.1) is 0 Å². The first-order valence-corrected chi connectivity index (χ1v) is 6.57. The number of benzene rings is 1. The molecule has 1 aromatic carbocycles. The summed E-state index contributed by atoms with van der Waals surface area (Å²) in [5.74, 6) is -0.794. The maximum absolute atomic E-state index is 13.8. The highest BCUT2D eigenvalue weighted by molar-refractivity contribution is 7.71. The van der Waals surface area contributed by atoms with Crippen molar-refractivity contribution in [1.82, 2.24) is 14.5 Å². The minimum Gasteiger partial charge on any atom is -0.481 e. The highest BCUT2D eigenvalue weighted by atomic mass is 32.1. The number of aromatic nitrogens is 3. The number of H-pyrrole nitrogens is 1. The fourth-order valence-electron chi connectivity index (χ4n) is 2.09. The highest BCUT2D eigenvalue weighted by Gasteiger charge is 2.11. The molecule has 2 heterocycles. The minimum atomic E-state index is -0.617. The number of halogens is 2. The maximum atomic E-state index is 13.8. The van der Waals surface area contributed by atoms with Crippen LogP contribution in [-0.4, -0.2) is 21.6 Å². The van der Waals surface area contributed by atoms with E-state index < -0.39 is 11.6 Å². The molecule has 108 valence electrons. The first-order valence-electron chi connectivity index (χ1n) is 6.16. The Morgan fingerprint density at radius 1 is 1.29 bits per heavy atom. The highest BCUT2D eigenvalue weighted by Crippen LogP contribution is 2.19. The van der Waals surface area contributed by atoms with E-state index in [-0.39, 0.29) is 6.54 Å². The van der Waals surface area contributed by atoms with Crippen molar-refractivity contribution in [2.24, 2.45) is 0 Å². The van der Waals surface area contributed by atoms with Gasteiger partial charge in [-0.25, -0.2) is 8.78 Å². The van der Waals surface area contributed by atoms with E-state index in [9.17, 15) is 8.78 Å². The Hall–Kier alpha value is -2.28. The van der Waals surface area contributed by atoms with E-state index in [1.165, 1.54) is 19.2 Å². The largest absolute Gasteiger partial charge is 0.481 e. The van der Waals surface area contributed by atoms with Crippen LogP contribution >= 0.6 is 12.2 Å². The third-order valence-corrected chi connectivity index (χ3v) is 3.47. The Morgan fingerprint density at radius 2 is 2.10 bits per heavy atom. The molecule has 0 atom stereocenters. The Balaban J connectivity index is 2.11. The summed E-state index contributed by atoms with van der Waals surface area (Å²) in [6.45, 7) is 0.158. The number of hydrogen-bond acceptors (Lipinski definition) is 3. The molecule has 0 fully saturated rings. The van der Waals surface area contributed by atoms with E-state index in [0.29, 0.717) is 21.9 Å². The quantitative estimate of drug-likeness (QED) is 0.754. The van der Waals surface area contributed by atoms with Gasteiger partial charge in [0.25, 0.3) is 0 Å². The zero-order valence-corrected chi connectivity index (χ0v) is 11.9. The molecule has 4 nitrogen and oxygen atoms in total. The summed E-state index contributed by atoms with van der Waals surface area (Å²) in [5, 5.41) is 0. The Labute approximate surface area is 124 Å². The van der Waals surface area contributed by atoms with Crippen molar-refractivity contribution < 1.29 is 13.5 Å². The number of rotatable bonds is 3. The molecule has 0 saturated heterocycles. The number of pyridine rings is 1. The molecule has 0 aliphatic heterocycles. The summed E-state index contributed by atoms with van der Waals surface area (Å²) in [6.07, 6.45) is 0.